The highest BCUT2D eigenvalue weighted by Crippen LogP contribution is 2.16. The Morgan fingerprint density at radius 2 is 2.33 bits per heavy atom. The summed E-state index contributed by atoms with van der Waals surface area (Å²) in [4.78, 5) is 15.7. The van der Waals surface area contributed by atoms with E-state index in [2.05, 4.69) is 31.4 Å². The van der Waals surface area contributed by atoms with E-state index in [1.165, 1.54) is 6.33 Å². The lowest BCUT2D eigenvalue weighted by Gasteiger charge is -2.05. The maximum absolute atomic E-state index is 11.8. The Bertz CT molecular complexity index is 540. The maximum Gasteiger partial charge on any atom is 0.251 e. The SMILES string of the molecule is Cc1cc(C(=O)NCCc2ncno2)ccc1Br. The van der Waals surface area contributed by atoms with Crippen LogP contribution in [0.3, 0.4) is 0 Å². The van der Waals surface area contributed by atoms with Gasteiger partial charge in [-0.1, -0.05) is 21.1 Å². The lowest BCUT2D eigenvalue weighted by molar-refractivity contribution is 0.0953. The maximum atomic E-state index is 11.8. The van der Waals surface area contributed by atoms with E-state index in [0.29, 0.717) is 24.4 Å². The summed E-state index contributed by atoms with van der Waals surface area (Å²) < 4.78 is 5.83. The number of hydrogen-bond acceptors (Lipinski definition) is 4. The highest BCUT2D eigenvalue weighted by Gasteiger charge is 2.07. The first-order chi connectivity index (χ1) is 8.66. The van der Waals surface area contributed by atoms with Crippen molar-refractivity contribution in [1.82, 2.24) is 15.5 Å². The molecule has 0 aliphatic carbocycles. The van der Waals surface area contributed by atoms with Gasteiger partial charge in [-0.15, -0.1) is 0 Å². The fourth-order valence-electron chi connectivity index (χ4n) is 1.48. The van der Waals surface area contributed by atoms with E-state index in [-0.39, 0.29) is 5.91 Å². The number of nitrogens with zero attached hydrogens (tertiary/aromatic N) is 2. The van der Waals surface area contributed by atoms with Gasteiger partial charge in [0.1, 0.15) is 0 Å². The second-order valence-corrected chi connectivity index (χ2v) is 4.66. The zero-order valence-electron chi connectivity index (χ0n) is 9.81. The standard InChI is InChI=1S/C12H12BrN3O2/c1-8-6-9(2-3-10(8)13)12(17)14-5-4-11-15-7-16-18-11/h2-3,6-7H,4-5H2,1H3,(H,14,17). The molecule has 0 atom stereocenters. The zero-order valence-corrected chi connectivity index (χ0v) is 11.4. The first-order valence-electron chi connectivity index (χ1n) is 5.46. The molecule has 0 fully saturated rings. The topological polar surface area (TPSA) is 68.0 Å². The minimum atomic E-state index is -0.106. The molecule has 1 N–H and O–H groups in total. The van der Waals surface area contributed by atoms with E-state index < -0.39 is 0 Å². The van der Waals surface area contributed by atoms with Crippen molar-refractivity contribution in [3.8, 4) is 0 Å². The van der Waals surface area contributed by atoms with Gasteiger partial charge in [-0.25, -0.2) is 0 Å². The van der Waals surface area contributed by atoms with Crippen molar-refractivity contribution in [2.45, 2.75) is 13.3 Å². The molecule has 0 saturated heterocycles. The molecule has 6 heteroatoms. The van der Waals surface area contributed by atoms with Gasteiger partial charge in [-0.05, 0) is 30.7 Å². The van der Waals surface area contributed by atoms with Crippen molar-refractivity contribution < 1.29 is 9.32 Å². The summed E-state index contributed by atoms with van der Waals surface area (Å²) in [5, 5.41) is 6.30. The molecule has 0 spiro atoms. The first kappa shape index (κ1) is 12.8. The van der Waals surface area contributed by atoms with Crippen molar-refractivity contribution >= 4 is 21.8 Å². The second kappa shape index (κ2) is 5.77. The average Bonchev–Trinajstić information content (AvgIpc) is 2.85. The Hall–Kier alpha value is -1.69. The van der Waals surface area contributed by atoms with E-state index in [4.69, 9.17) is 4.52 Å². The van der Waals surface area contributed by atoms with Crippen LogP contribution < -0.4 is 5.32 Å². The van der Waals surface area contributed by atoms with Gasteiger partial charge in [0.05, 0.1) is 0 Å². The normalized spacial score (nSPS) is 10.3. The number of aromatic nitrogens is 2. The highest BCUT2D eigenvalue weighted by molar-refractivity contribution is 9.10. The van der Waals surface area contributed by atoms with Crippen molar-refractivity contribution in [1.29, 1.82) is 0 Å². The summed E-state index contributed by atoms with van der Waals surface area (Å²) in [5.41, 5.74) is 1.67. The van der Waals surface area contributed by atoms with E-state index in [9.17, 15) is 4.79 Å². The number of nitrogens with one attached hydrogen (secondary N) is 1. The quantitative estimate of drug-likeness (QED) is 0.939. The molecule has 0 unspecified atom stereocenters. The van der Waals surface area contributed by atoms with Crippen LogP contribution in [0.5, 0.6) is 0 Å². The van der Waals surface area contributed by atoms with Crippen molar-refractivity contribution in [2.75, 3.05) is 6.54 Å². The van der Waals surface area contributed by atoms with Gasteiger partial charge in [0, 0.05) is 23.0 Å². The third-order valence-corrected chi connectivity index (χ3v) is 3.34. The molecule has 0 aliphatic heterocycles. The molecule has 1 aromatic heterocycles. The molecule has 2 aromatic rings. The molecule has 1 heterocycles. The number of carbonyl (C=O) groups is 1. The average molecular weight is 310 g/mol. The molecule has 1 amide bonds. The molecule has 94 valence electrons. The van der Waals surface area contributed by atoms with Crippen molar-refractivity contribution in [2.24, 2.45) is 0 Å². The molecule has 0 aliphatic rings. The lowest BCUT2D eigenvalue weighted by Crippen LogP contribution is -2.25. The minimum absolute atomic E-state index is 0.106. The smallest absolute Gasteiger partial charge is 0.251 e. The zero-order chi connectivity index (χ0) is 13.0. The van der Waals surface area contributed by atoms with Crippen LogP contribution in [0.4, 0.5) is 0 Å². The van der Waals surface area contributed by atoms with Gasteiger partial charge in [-0.2, -0.15) is 4.98 Å². The van der Waals surface area contributed by atoms with Gasteiger partial charge >= 0.3 is 0 Å². The van der Waals surface area contributed by atoms with Gasteiger partial charge in [0.2, 0.25) is 5.89 Å². The molecular weight excluding hydrogens is 298 g/mol. The highest BCUT2D eigenvalue weighted by atomic mass is 79.9. The van der Waals surface area contributed by atoms with Crippen LogP contribution in [-0.2, 0) is 6.42 Å². The van der Waals surface area contributed by atoms with Gasteiger partial charge in [0.15, 0.2) is 6.33 Å². The van der Waals surface area contributed by atoms with Crippen molar-refractivity contribution in [3.63, 3.8) is 0 Å². The first-order valence-corrected chi connectivity index (χ1v) is 6.26. The molecular formula is C12H12BrN3O2. The Morgan fingerprint density at radius 1 is 1.50 bits per heavy atom. The fourth-order valence-corrected chi connectivity index (χ4v) is 1.72. The van der Waals surface area contributed by atoms with Crippen LogP contribution in [0, 0.1) is 6.92 Å². The summed E-state index contributed by atoms with van der Waals surface area (Å²) in [5.74, 6) is 0.410. The van der Waals surface area contributed by atoms with Gasteiger partial charge < -0.3 is 9.84 Å². The summed E-state index contributed by atoms with van der Waals surface area (Å²) in [6, 6.07) is 5.48. The van der Waals surface area contributed by atoms with Crippen LogP contribution >= 0.6 is 15.9 Å². The molecule has 0 radical (unpaired) electrons. The molecule has 0 bridgehead atoms. The molecule has 5 nitrogen and oxygen atoms in total. The predicted octanol–water partition coefficient (Wildman–Crippen LogP) is 2.11. The molecule has 1 aromatic carbocycles. The van der Waals surface area contributed by atoms with E-state index in [0.717, 1.165) is 10.0 Å². The number of halogens is 1. The van der Waals surface area contributed by atoms with Crippen LogP contribution in [-0.4, -0.2) is 22.6 Å². The Kier molecular flexibility index (Phi) is 4.09. The molecule has 0 saturated carbocycles. The van der Waals surface area contributed by atoms with Crippen LogP contribution in [0.2, 0.25) is 0 Å². The van der Waals surface area contributed by atoms with Crippen LogP contribution in [0.15, 0.2) is 33.5 Å². The molecule has 2 rings (SSSR count). The molecule has 18 heavy (non-hydrogen) atoms. The minimum Gasteiger partial charge on any atom is -0.352 e. The number of benzene rings is 1. The third-order valence-electron chi connectivity index (χ3n) is 2.45. The number of aryl methyl sites for hydroxylation is 1. The monoisotopic (exact) mass is 309 g/mol. The van der Waals surface area contributed by atoms with Crippen LogP contribution in [0.25, 0.3) is 0 Å². The largest absolute Gasteiger partial charge is 0.352 e. The summed E-state index contributed by atoms with van der Waals surface area (Å²) in [6.45, 7) is 2.41. The summed E-state index contributed by atoms with van der Waals surface area (Å²) in [6.07, 6.45) is 1.87. The van der Waals surface area contributed by atoms with E-state index in [1.807, 2.05) is 19.1 Å². The number of amides is 1. The Morgan fingerprint density at radius 3 is 3.00 bits per heavy atom. The number of carbonyl (C=O) groups excluding carboxylic acids is 1. The Balaban J connectivity index is 1.89. The summed E-state index contributed by atoms with van der Waals surface area (Å²) in [7, 11) is 0. The van der Waals surface area contributed by atoms with Gasteiger partial charge in [0.25, 0.3) is 5.91 Å². The summed E-state index contributed by atoms with van der Waals surface area (Å²) >= 11 is 3.40. The lowest BCUT2D eigenvalue weighted by atomic mass is 10.1. The van der Waals surface area contributed by atoms with Crippen LogP contribution in [0.1, 0.15) is 21.8 Å². The second-order valence-electron chi connectivity index (χ2n) is 3.80. The van der Waals surface area contributed by atoms with E-state index >= 15 is 0 Å². The van der Waals surface area contributed by atoms with E-state index in [1.54, 1.807) is 6.07 Å². The fraction of sp³-hybridized carbons (Fsp3) is 0.250. The Labute approximate surface area is 113 Å². The van der Waals surface area contributed by atoms with Crippen molar-refractivity contribution in [3.05, 3.63) is 46.0 Å². The van der Waals surface area contributed by atoms with Gasteiger partial charge in [-0.3, -0.25) is 4.79 Å². The number of hydrogen-bond donors (Lipinski definition) is 1. The number of rotatable bonds is 4. The third kappa shape index (κ3) is 3.16. The predicted molar refractivity (Wildman–Crippen MR) is 69.2 cm³/mol.